The predicted octanol–water partition coefficient (Wildman–Crippen LogP) is 6.16. The van der Waals surface area contributed by atoms with Crippen LogP contribution in [0.3, 0.4) is 0 Å². The molecular formula is C36H46N4O4. The van der Waals surface area contributed by atoms with Crippen LogP contribution in [-0.2, 0) is 6.54 Å². The third kappa shape index (κ3) is 7.79. The van der Waals surface area contributed by atoms with Gasteiger partial charge in [0, 0.05) is 31.6 Å². The van der Waals surface area contributed by atoms with Crippen molar-refractivity contribution in [3.8, 4) is 16.9 Å². The molecule has 0 spiro atoms. The molecule has 8 heteroatoms. The number of ether oxygens (including phenoxy) is 1. The van der Waals surface area contributed by atoms with E-state index in [1.54, 1.807) is 23.1 Å². The quantitative estimate of drug-likeness (QED) is 0.274. The highest BCUT2D eigenvalue weighted by atomic mass is 16.5. The molecule has 2 aliphatic rings. The van der Waals surface area contributed by atoms with E-state index < -0.39 is 0 Å². The fraction of sp³-hybridized carbons (Fsp3) is 0.444. The first kappa shape index (κ1) is 31.5. The third-order valence-corrected chi connectivity index (χ3v) is 8.88. The number of rotatable bonds is 9. The van der Waals surface area contributed by atoms with Gasteiger partial charge in [0.2, 0.25) is 0 Å². The van der Waals surface area contributed by atoms with E-state index in [9.17, 15) is 14.7 Å². The minimum Gasteiger partial charge on any atom is -0.486 e. The maximum Gasteiger partial charge on any atom is 0.319 e. The number of anilines is 1. The van der Waals surface area contributed by atoms with Crippen LogP contribution in [0.1, 0.15) is 61.9 Å². The van der Waals surface area contributed by atoms with Crippen molar-refractivity contribution < 1.29 is 19.4 Å². The lowest BCUT2D eigenvalue weighted by molar-refractivity contribution is 0.0343. The van der Waals surface area contributed by atoms with E-state index in [0.717, 1.165) is 32.2 Å². The van der Waals surface area contributed by atoms with Gasteiger partial charge in [-0.1, -0.05) is 86.8 Å². The molecule has 0 bridgehead atoms. The van der Waals surface area contributed by atoms with Crippen molar-refractivity contribution in [2.24, 2.45) is 5.92 Å². The molecule has 5 rings (SSSR count). The van der Waals surface area contributed by atoms with Crippen molar-refractivity contribution in [2.75, 3.05) is 32.1 Å². The zero-order chi connectivity index (χ0) is 31.1. The van der Waals surface area contributed by atoms with Gasteiger partial charge >= 0.3 is 6.03 Å². The first-order valence-corrected chi connectivity index (χ1v) is 15.9. The van der Waals surface area contributed by atoms with Gasteiger partial charge in [0.05, 0.1) is 23.9 Å². The second-order valence-electron chi connectivity index (χ2n) is 12.5. The molecule has 1 fully saturated rings. The summed E-state index contributed by atoms with van der Waals surface area (Å²) in [4.78, 5) is 30.8. The molecular weight excluding hydrogens is 552 g/mol. The second kappa shape index (κ2) is 14.7. The number of aliphatic hydroxyl groups is 1. The van der Waals surface area contributed by atoms with Gasteiger partial charge in [-0.15, -0.1) is 0 Å². The molecule has 234 valence electrons. The summed E-state index contributed by atoms with van der Waals surface area (Å²) in [6.07, 6.45) is 5.12. The summed E-state index contributed by atoms with van der Waals surface area (Å²) in [6, 6.07) is 23.8. The van der Waals surface area contributed by atoms with Crippen molar-refractivity contribution in [3.05, 3.63) is 83.9 Å². The molecule has 1 aliphatic carbocycles. The molecule has 3 aromatic rings. The van der Waals surface area contributed by atoms with Crippen LogP contribution in [0, 0.1) is 5.92 Å². The highest BCUT2D eigenvalue weighted by Crippen LogP contribution is 2.35. The maximum atomic E-state index is 13.8. The fourth-order valence-electron chi connectivity index (χ4n) is 6.27. The van der Waals surface area contributed by atoms with Gasteiger partial charge in [0.25, 0.3) is 5.91 Å². The Hall–Kier alpha value is -3.88. The number of nitrogens with zero attached hydrogens (tertiary/aromatic N) is 2. The first-order chi connectivity index (χ1) is 21.3. The number of aliphatic hydroxyl groups excluding tert-OH is 1. The van der Waals surface area contributed by atoms with E-state index in [2.05, 4.69) is 65.9 Å². The van der Waals surface area contributed by atoms with Gasteiger partial charge in [-0.2, -0.15) is 0 Å². The minimum absolute atomic E-state index is 0.0341. The van der Waals surface area contributed by atoms with Gasteiger partial charge in [0.1, 0.15) is 6.10 Å². The van der Waals surface area contributed by atoms with E-state index in [4.69, 9.17) is 4.74 Å². The number of para-hydroxylation sites is 1. The number of nitrogens with one attached hydrogen (secondary N) is 2. The Morgan fingerprint density at radius 1 is 1.00 bits per heavy atom. The van der Waals surface area contributed by atoms with E-state index in [1.165, 1.54) is 23.1 Å². The molecule has 3 amide bonds. The van der Waals surface area contributed by atoms with Gasteiger partial charge in [-0.05, 0) is 55.6 Å². The SMILES string of the molecule is C[C@H](CO)N1C[C@H](C)[C@H](CN(C)Cc2ccc(-c3ccccc3)cc2)Oc2c(NC(=O)NC3CCCCC3)cccc2C1=O. The number of hydrogen-bond donors (Lipinski definition) is 3. The minimum atomic E-state index is -0.358. The molecule has 1 heterocycles. The number of benzene rings is 3. The van der Waals surface area contributed by atoms with Crippen LogP contribution in [0.15, 0.2) is 72.8 Å². The Bertz CT molecular complexity index is 1390. The molecule has 0 unspecified atom stereocenters. The van der Waals surface area contributed by atoms with Crippen molar-refractivity contribution in [1.29, 1.82) is 0 Å². The summed E-state index contributed by atoms with van der Waals surface area (Å²) in [6.45, 7) is 5.58. The number of carbonyl (C=O) groups is 2. The summed E-state index contributed by atoms with van der Waals surface area (Å²) >= 11 is 0. The number of hydrogen-bond acceptors (Lipinski definition) is 5. The standard InChI is InChI=1S/C36H46N4O4/c1-25-21-40(26(2)24-41)35(42)31-15-10-16-32(38-36(43)37-30-13-8-5-9-14-30)34(31)44-33(25)23-39(3)22-27-17-19-29(20-18-27)28-11-6-4-7-12-28/h4,6-7,10-12,15-20,25-26,30,33,41H,5,8-9,13-14,21-24H2,1-3H3,(H2,37,38,43)/t25-,26+,33-/m0/s1. The molecule has 1 aliphatic heterocycles. The molecule has 0 saturated heterocycles. The highest BCUT2D eigenvalue weighted by molar-refractivity contribution is 6.01. The summed E-state index contributed by atoms with van der Waals surface area (Å²) in [5, 5.41) is 16.1. The first-order valence-electron chi connectivity index (χ1n) is 15.9. The molecule has 3 N–H and O–H groups in total. The Labute approximate surface area is 261 Å². The lowest BCUT2D eigenvalue weighted by Crippen LogP contribution is -2.50. The van der Waals surface area contributed by atoms with Crippen molar-refractivity contribution >= 4 is 17.6 Å². The largest absolute Gasteiger partial charge is 0.486 e. The van der Waals surface area contributed by atoms with Gasteiger partial charge in [-0.25, -0.2) is 4.79 Å². The summed E-state index contributed by atoms with van der Waals surface area (Å²) in [7, 11) is 2.07. The second-order valence-corrected chi connectivity index (χ2v) is 12.5. The zero-order valence-electron chi connectivity index (χ0n) is 26.2. The topological polar surface area (TPSA) is 94.1 Å². The Morgan fingerprint density at radius 2 is 1.70 bits per heavy atom. The fourth-order valence-corrected chi connectivity index (χ4v) is 6.27. The number of fused-ring (bicyclic) bond motifs is 1. The Morgan fingerprint density at radius 3 is 2.41 bits per heavy atom. The normalized spacial score (nSPS) is 19.8. The van der Waals surface area contributed by atoms with Crippen LogP contribution < -0.4 is 15.4 Å². The van der Waals surface area contributed by atoms with E-state index in [1.807, 2.05) is 25.1 Å². The van der Waals surface area contributed by atoms with E-state index >= 15 is 0 Å². The van der Waals surface area contributed by atoms with Crippen LogP contribution in [0.4, 0.5) is 10.5 Å². The molecule has 44 heavy (non-hydrogen) atoms. The Kier molecular flexibility index (Phi) is 10.6. The van der Waals surface area contributed by atoms with Crippen LogP contribution in [0.2, 0.25) is 0 Å². The summed E-state index contributed by atoms with van der Waals surface area (Å²) in [5.41, 5.74) is 4.42. The molecule has 3 aromatic carbocycles. The molecule has 8 nitrogen and oxygen atoms in total. The highest BCUT2D eigenvalue weighted by Gasteiger charge is 2.34. The maximum absolute atomic E-state index is 13.8. The molecule has 1 saturated carbocycles. The average Bonchev–Trinajstić information content (AvgIpc) is 3.04. The monoisotopic (exact) mass is 598 g/mol. The van der Waals surface area contributed by atoms with Crippen LogP contribution in [0.5, 0.6) is 5.75 Å². The van der Waals surface area contributed by atoms with Crippen LogP contribution >= 0.6 is 0 Å². The predicted molar refractivity (Wildman–Crippen MR) is 175 cm³/mol. The molecule has 0 radical (unpaired) electrons. The average molecular weight is 599 g/mol. The summed E-state index contributed by atoms with van der Waals surface area (Å²) < 4.78 is 6.69. The third-order valence-electron chi connectivity index (χ3n) is 8.88. The van der Waals surface area contributed by atoms with Crippen LogP contribution in [-0.4, -0.2) is 71.8 Å². The van der Waals surface area contributed by atoms with Crippen LogP contribution in [0.25, 0.3) is 11.1 Å². The van der Waals surface area contributed by atoms with E-state index in [-0.39, 0.29) is 42.7 Å². The van der Waals surface area contributed by atoms with Gasteiger partial charge in [0.15, 0.2) is 5.75 Å². The number of urea groups is 1. The summed E-state index contributed by atoms with van der Waals surface area (Å²) in [5.74, 6) is 0.131. The zero-order valence-corrected chi connectivity index (χ0v) is 26.2. The van der Waals surface area contributed by atoms with Crippen molar-refractivity contribution in [3.63, 3.8) is 0 Å². The Balaban J connectivity index is 1.35. The van der Waals surface area contributed by atoms with Crippen molar-refractivity contribution in [2.45, 2.75) is 70.7 Å². The smallest absolute Gasteiger partial charge is 0.319 e. The number of amides is 3. The van der Waals surface area contributed by atoms with Crippen molar-refractivity contribution in [1.82, 2.24) is 15.1 Å². The number of carbonyl (C=O) groups excluding carboxylic acids is 2. The van der Waals surface area contributed by atoms with E-state index in [0.29, 0.717) is 30.1 Å². The number of likely N-dealkylation sites (N-methyl/N-ethyl adjacent to an activating group) is 1. The molecule has 3 atom stereocenters. The van der Waals surface area contributed by atoms with Gasteiger partial charge < -0.3 is 25.4 Å². The van der Waals surface area contributed by atoms with Gasteiger partial charge in [-0.3, -0.25) is 9.69 Å². The lowest BCUT2D eigenvalue weighted by atomic mass is 9.96. The lowest BCUT2D eigenvalue weighted by Gasteiger charge is -2.38. The molecule has 0 aromatic heterocycles.